The summed E-state index contributed by atoms with van der Waals surface area (Å²) in [6, 6.07) is 0.940. The van der Waals surface area contributed by atoms with E-state index < -0.39 is 28.1 Å². The average Bonchev–Trinajstić information content (AvgIpc) is 2.42. The zero-order chi connectivity index (χ0) is 14.9. The summed E-state index contributed by atoms with van der Waals surface area (Å²) in [6.45, 7) is 27.4. The zero-order valence-corrected chi connectivity index (χ0v) is 15.5. The number of hydrogen-bond acceptors (Lipinski definition) is 1. The molecule has 0 aromatic carbocycles. The monoisotopic (exact) mass is 306 g/mol. The summed E-state index contributed by atoms with van der Waals surface area (Å²) in [4.78, 5) is 0. The maximum absolute atomic E-state index is 6.57. The van der Waals surface area contributed by atoms with Gasteiger partial charge in [-0.1, -0.05) is 55.5 Å². The molecule has 4 heteroatoms. The van der Waals surface area contributed by atoms with E-state index in [1.165, 1.54) is 0 Å². The molecule has 1 rings (SSSR count). The fourth-order valence-corrected chi connectivity index (χ4v) is 32.4. The summed E-state index contributed by atoms with van der Waals surface area (Å²) in [5, 5.41) is 0. The molecule has 19 heavy (non-hydrogen) atoms. The maximum atomic E-state index is 6.57. The highest BCUT2D eigenvalue weighted by molar-refractivity contribution is 7.71. The van der Waals surface area contributed by atoms with E-state index in [4.69, 9.17) is 4.43 Å². The fraction of sp³-hybridized carbons (Fsp3) is 0.333. The Bertz CT molecular complexity index is 423. The zero-order valence-electron chi connectivity index (χ0n) is 12.5. The van der Waals surface area contributed by atoms with Gasteiger partial charge < -0.3 is 4.43 Å². The molecule has 0 aromatic rings. The predicted octanol–water partition coefficient (Wildman–Crippen LogP) is 4.19. The van der Waals surface area contributed by atoms with Gasteiger partial charge in [-0.25, -0.2) is 0 Å². The van der Waals surface area contributed by atoms with Crippen LogP contribution in [-0.4, -0.2) is 28.1 Å². The predicted molar refractivity (Wildman–Crippen MR) is 94.5 cm³/mol. The molecule has 0 amide bonds. The maximum Gasteiger partial charge on any atom is 0.199 e. The first-order valence-corrected chi connectivity index (χ1v) is 16.4. The molecule has 1 saturated heterocycles. The third-order valence-corrected chi connectivity index (χ3v) is 39.9. The highest BCUT2D eigenvalue weighted by Crippen LogP contribution is 2.46. The van der Waals surface area contributed by atoms with Gasteiger partial charge in [-0.15, -0.1) is 19.7 Å². The van der Waals surface area contributed by atoms with Crippen molar-refractivity contribution in [1.29, 1.82) is 0 Å². The van der Waals surface area contributed by atoms with Crippen molar-refractivity contribution < 1.29 is 4.43 Å². The van der Waals surface area contributed by atoms with Crippen LogP contribution in [0.4, 0.5) is 0 Å². The van der Waals surface area contributed by atoms with Gasteiger partial charge in [-0.3, -0.25) is 0 Å². The molecule has 1 aliphatic rings. The van der Waals surface area contributed by atoms with Crippen LogP contribution < -0.4 is 0 Å². The molecule has 0 radical (unpaired) electrons. The van der Waals surface area contributed by atoms with E-state index in [2.05, 4.69) is 69.6 Å². The Kier molecular flexibility index (Phi) is 4.32. The number of hydrogen-bond donors (Lipinski definition) is 0. The van der Waals surface area contributed by atoms with Gasteiger partial charge in [0.15, 0.2) is 7.83 Å². The Hall–Kier alpha value is -0.689. The molecule has 0 N–H and O–H groups in total. The molecule has 1 heterocycles. The Morgan fingerprint density at radius 1 is 0.895 bits per heavy atom. The number of rotatable bonds is 5. The van der Waals surface area contributed by atoms with E-state index in [0.717, 1.165) is 6.04 Å². The van der Waals surface area contributed by atoms with Crippen molar-refractivity contribution in [3.8, 4) is 0 Å². The van der Waals surface area contributed by atoms with Gasteiger partial charge in [-0.05, 0) is 12.6 Å². The van der Waals surface area contributed by atoms with Crippen LogP contribution >= 0.6 is 0 Å². The molecule has 0 bridgehead atoms. The Labute approximate surface area is 120 Å². The summed E-state index contributed by atoms with van der Waals surface area (Å²) in [5.74, 6) is 0. The third kappa shape index (κ3) is 2.07. The Balaban J connectivity index is 3.59. The minimum atomic E-state index is -2.01. The van der Waals surface area contributed by atoms with Crippen molar-refractivity contribution in [1.82, 2.24) is 0 Å². The van der Waals surface area contributed by atoms with Gasteiger partial charge in [-0.2, -0.15) is 0 Å². The van der Waals surface area contributed by atoms with Crippen LogP contribution in [0, 0.1) is 0 Å². The second-order valence-corrected chi connectivity index (χ2v) is 30.1. The standard InChI is InChI=1S/C15H26OSi3/c1-9-15(10-2)14-19(12-4,13-5)17(6,7)18(8,11-3)16-15/h9-13H,1-5,14H2,6-8H3. The normalized spacial score (nSPS) is 30.9. The molecule has 1 aliphatic heterocycles. The van der Waals surface area contributed by atoms with E-state index in [-0.39, 0.29) is 0 Å². The molecule has 0 aliphatic carbocycles. The lowest BCUT2D eigenvalue weighted by Crippen LogP contribution is -2.79. The lowest BCUT2D eigenvalue weighted by molar-refractivity contribution is 0.188. The second kappa shape index (κ2) is 5.01. The van der Waals surface area contributed by atoms with Gasteiger partial charge >= 0.3 is 0 Å². The van der Waals surface area contributed by atoms with Crippen molar-refractivity contribution >= 4 is 22.5 Å². The van der Waals surface area contributed by atoms with Crippen LogP contribution in [0.15, 0.2) is 62.1 Å². The quantitative estimate of drug-likeness (QED) is 0.546. The largest absolute Gasteiger partial charge is 0.404 e. The van der Waals surface area contributed by atoms with E-state index in [1.54, 1.807) is 0 Å². The topological polar surface area (TPSA) is 9.23 Å². The third-order valence-electron chi connectivity index (χ3n) is 5.18. The van der Waals surface area contributed by atoms with Crippen LogP contribution in [0.5, 0.6) is 0 Å². The molecule has 1 nitrogen and oxygen atoms in total. The highest BCUT2D eigenvalue weighted by atomic mass is 29.6. The molecule has 0 saturated carbocycles. The fourth-order valence-electron chi connectivity index (χ4n) is 3.04. The van der Waals surface area contributed by atoms with Gasteiger partial charge in [0.2, 0.25) is 0 Å². The van der Waals surface area contributed by atoms with E-state index in [0.29, 0.717) is 0 Å². The molecular weight excluding hydrogens is 280 g/mol. The molecule has 0 aromatic heterocycles. The van der Waals surface area contributed by atoms with Crippen LogP contribution in [0.25, 0.3) is 0 Å². The lowest BCUT2D eigenvalue weighted by atomic mass is 10.1. The van der Waals surface area contributed by atoms with Crippen molar-refractivity contribution in [2.24, 2.45) is 0 Å². The molecule has 0 spiro atoms. The van der Waals surface area contributed by atoms with Gasteiger partial charge in [0.05, 0.1) is 20.3 Å². The molecular formula is C15H26OSi3. The van der Waals surface area contributed by atoms with Crippen LogP contribution in [0.1, 0.15) is 0 Å². The summed E-state index contributed by atoms with van der Waals surface area (Å²) >= 11 is 0. The molecule has 1 unspecified atom stereocenters. The molecule has 1 atom stereocenters. The van der Waals surface area contributed by atoms with Crippen molar-refractivity contribution in [3.63, 3.8) is 0 Å². The van der Waals surface area contributed by atoms with Crippen molar-refractivity contribution in [2.45, 2.75) is 31.3 Å². The van der Waals surface area contributed by atoms with Gasteiger partial charge in [0, 0.05) is 0 Å². The second-order valence-electron chi connectivity index (χ2n) is 6.03. The summed E-state index contributed by atoms with van der Waals surface area (Å²) < 4.78 is 6.57. The molecule has 104 valence electrons. The molecule has 1 fully saturated rings. The first-order chi connectivity index (χ1) is 8.72. The highest BCUT2D eigenvalue weighted by Gasteiger charge is 2.64. The average molecular weight is 307 g/mol. The van der Waals surface area contributed by atoms with Gasteiger partial charge in [0.1, 0.15) is 0 Å². The van der Waals surface area contributed by atoms with Crippen molar-refractivity contribution in [3.05, 3.63) is 62.1 Å². The Morgan fingerprint density at radius 3 is 1.68 bits per heavy atom. The minimum absolute atomic E-state index is 0.438. The van der Waals surface area contributed by atoms with E-state index >= 15 is 0 Å². The summed E-state index contributed by atoms with van der Waals surface area (Å²) in [7, 11) is -5.46. The van der Waals surface area contributed by atoms with Crippen molar-refractivity contribution in [2.75, 3.05) is 0 Å². The van der Waals surface area contributed by atoms with Crippen LogP contribution in [0.3, 0.4) is 0 Å². The minimum Gasteiger partial charge on any atom is -0.404 e. The first kappa shape index (κ1) is 16.4. The van der Waals surface area contributed by atoms with E-state index in [9.17, 15) is 0 Å². The van der Waals surface area contributed by atoms with Crippen LogP contribution in [-0.2, 0) is 4.43 Å². The lowest BCUT2D eigenvalue weighted by Gasteiger charge is -2.58. The van der Waals surface area contributed by atoms with E-state index in [1.807, 2.05) is 12.2 Å². The van der Waals surface area contributed by atoms with Gasteiger partial charge in [0.25, 0.3) is 0 Å². The first-order valence-electron chi connectivity index (χ1n) is 6.60. The summed E-state index contributed by atoms with van der Waals surface area (Å²) in [6.07, 6.45) is 3.79. The summed E-state index contributed by atoms with van der Waals surface area (Å²) in [5.41, 5.74) is 6.05. The Morgan fingerprint density at radius 2 is 1.37 bits per heavy atom. The smallest absolute Gasteiger partial charge is 0.199 e. The SMILES string of the molecule is C=CC1(C=C)C[Si](C=C)(C=C)[Si](C)(C)[Si](C)(C=C)O1. The van der Waals surface area contributed by atoms with Crippen LogP contribution in [0.2, 0.25) is 25.7 Å².